The third-order valence-corrected chi connectivity index (χ3v) is 2.77. The first kappa shape index (κ1) is 13.4. The molecule has 3 heterocycles. The van der Waals surface area contributed by atoms with Gasteiger partial charge in [0.15, 0.2) is 0 Å². The molecule has 0 radical (unpaired) electrons. The third kappa shape index (κ3) is 2.28. The minimum absolute atomic E-state index is 0. The number of hydrogen-bond acceptors (Lipinski definition) is 4. The number of aromatic carboxylic acids is 1. The van der Waals surface area contributed by atoms with Gasteiger partial charge in [0.1, 0.15) is 0 Å². The molecule has 0 aliphatic rings. The van der Waals surface area contributed by atoms with E-state index in [4.69, 9.17) is 0 Å². The summed E-state index contributed by atoms with van der Waals surface area (Å²) in [5.41, 5.74) is 2.48. The van der Waals surface area contributed by atoms with Crippen LogP contribution in [0.1, 0.15) is 10.4 Å². The average Bonchev–Trinajstić information content (AvgIpc) is 2.93. The number of carbonyl (C=O) groups is 1. The van der Waals surface area contributed by atoms with Crippen LogP contribution < -0.4 is 24.0 Å². The summed E-state index contributed by atoms with van der Waals surface area (Å²) < 4.78 is 3.22. The first-order valence-electron chi connectivity index (χ1n) is 5.33. The van der Waals surface area contributed by atoms with Crippen LogP contribution in [-0.4, -0.2) is 25.4 Å². The Morgan fingerprint density at radius 1 is 1.16 bits per heavy atom. The fourth-order valence-electron chi connectivity index (χ4n) is 1.88. The van der Waals surface area contributed by atoms with E-state index in [1.54, 1.807) is 23.1 Å². The van der Waals surface area contributed by atoms with Gasteiger partial charge in [0, 0.05) is 36.1 Å². The Morgan fingerprint density at radius 3 is 2.58 bits per heavy atom. The van der Waals surface area contributed by atoms with Gasteiger partial charge in [-0.05, 0) is 6.07 Å². The van der Waals surface area contributed by atoms with Crippen LogP contribution in [-0.2, 0) is 7.05 Å². The molecule has 0 atom stereocenters. The number of aryl methyl sites for hydroxylation is 1. The van der Waals surface area contributed by atoms with Crippen LogP contribution >= 0.6 is 0 Å². The number of hydrogen-bond donors (Lipinski definition) is 0. The second kappa shape index (κ2) is 4.92. The number of pyridine rings is 1. The van der Waals surface area contributed by atoms with Gasteiger partial charge in [-0.3, -0.25) is 4.68 Å². The van der Waals surface area contributed by atoms with Gasteiger partial charge in [0.25, 0.3) is 0 Å². The molecule has 3 rings (SSSR count). The Labute approximate surface area is 120 Å². The molecule has 6 nitrogen and oxygen atoms in total. The van der Waals surface area contributed by atoms with E-state index in [-0.39, 0.29) is 24.4 Å². The molecule has 7 heteroatoms. The number of carboxylic acids is 1. The normalized spacial score (nSPS) is 10.4. The second-order valence-corrected chi connectivity index (χ2v) is 4.00. The smallest absolute Gasteiger partial charge is 0.545 e. The fourth-order valence-corrected chi connectivity index (χ4v) is 1.88. The SMILES string of the molecule is Cn1cc(-c2ccc3c(C(=O)[O-])cnn3c2)cn1.[Li+]. The summed E-state index contributed by atoms with van der Waals surface area (Å²) in [6.45, 7) is 0. The van der Waals surface area contributed by atoms with Crippen LogP contribution in [0.3, 0.4) is 0 Å². The van der Waals surface area contributed by atoms with Crippen LogP contribution in [0.25, 0.3) is 16.6 Å². The Hall–Kier alpha value is -2.03. The summed E-state index contributed by atoms with van der Waals surface area (Å²) in [5.74, 6) is -1.22. The zero-order valence-electron chi connectivity index (χ0n) is 10.6. The maximum absolute atomic E-state index is 10.9. The second-order valence-electron chi connectivity index (χ2n) is 4.00. The van der Waals surface area contributed by atoms with E-state index in [1.165, 1.54) is 10.7 Å². The average molecular weight is 248 g/mol. The van der Waals surface area contributed by atoms with E-state index in [2.05, 4.69) is 10.2 Å². The summed E-state index contributed by atoms with van der Waals surface area (Å²) in [4.78, 5) is 10.9. The van der Waals surface area contributed by atoms with Gasteiger partial charge in [-0.25, -0.2) is 4.52 Å². The van der Waals surface area contributed by atoms with Crippen molar-refractivity contribution >= 4 is 11.5 Å². The predicted molar refractivity (Wildman–Crippen MR) is 61.7 cm³/mol. The summed E-state index contributed by atoms with van der Waals surface area (Å²) >= 11 is 0. The van der Waals surface area contributed by atoms with E-state index in [1.807, 2.05) is 19.3 Å². The molecule has 0 spiro atoms. The molecule has 3 aromatic rings. The molecule has 0 aromatic carbocycles. The van der Waals surface area contributed by atoms with Crippen molar-refractivity contribution in [3.63, 3.8) is 0 Å². The van der Waals surface area contributed by atoms with Crippen molar-refractivity contribution in [3.05, 3.63) is 42.5 Å². The summed E-state index contributed by atoms with van der Waals surface area (Å²) in [5, 5.41) is 18.9. The quantitative estimate of drug-likeness (QED) is 0.456. The first-order chi connectivity index (χ1) is 8.65. The Balaban J connectivity index is 0.00000133. The minimum atomic E-state index is -1.22. The monoisotopic (exact) mass is 248 g/mol. The van der Waals surface area contributed by atoms with Crippen molar-refractivity contribution in [2.75, 3.05) is 0 Å². The molecular weight excluding hydrogens is 239 g/mol. The number of carboxylic acid groups (broad SMARTS) is 1. The summed E-state index contributed by atoms with van der Waals surface area (Å²) in [7, 11) is 1.84. The van der Waals surface area contributed by atoms with Crippen LogP contribution in [0, 0.1) is 0 Å². The molecule has 90 valence electrons. The van der Waals surface area contributed by atoms with Crippen molar-refractivity contribution in [2.24, 2.45) is 7.05 Å². The van der Waals surface area contributed by atoms with Crippen LogP contribution in [0.2, 0.25) is 0 Å². The van der Waals surface area contributed by atoms with Crippen molar-refractivity contribution in [1.82, 2.24) is 19.4 Å². The zero-order chi connectivity index (χ0) is 12.7. The number of aromatic nitrogens is 4. The molecule has 0 unspecified atom stereocenters. The fraction of sp³-hybridized carbons (Fsp3) is 0.0833. The maximum atomic E-state index is 10.9. The van der Waals surface area contributed by atoms with Gasteiger partial charge < -0.3 is 9.90 Å². The number of rotatable bonds is 2. The maximum Gasteiger partial charge on any atom is 1.00 e. The van der Waals surface area contributed by atoms with E-state index in [0.717, 1.165) is 11.1 Å². The predicted octanol–water partition coefficient (Wildman–Crippen LogP) is -2.90. The largest absolute Gasteiger partial charge is 1.00 e. The Kier molecular flexibility index (Phi) is 3.47. The Bertz CT molecular complexity index is 747. The van der Waals surface area contributed by atoms with Crippen molar-refractivity contribution in [1.29, 1.82) is 0 Å². The van der Waals surface area contributed by atoms with Crippen molar-refractivity contribution in [2.45, 2.75) is 0 Å². The number of nitrogens with zero attached hydrogens (tertiary/aromatic N) is 4. The molecule has 0 bridgehead atoms. The van der Waals surface area contributed by atoms with E-state index < -0.39 is 5.97 Å². The molecule has 19 heavy (non-hydrogen) atoms. The topological polar surface area (TPSA) is 75.2 Å². The summed E-state index contributed by atoms with van der Waals surface area (Å²) in [6.07, 6.45) is 6.67. The van der Waals surface area contributed by atoms with Crippen LogP contribution in [0.15, 0.2) is 36.9 Å². The standard InChI is InChI=1S/C12H10N4O2.Li/c1-15-6-9(4-13-15)8-2-3-11-10(12(17)18)5-14-16(11)7-8;/h2-7H,1H3,(H,17,18);/q;+1/p-1. The van der Waals surface area contributed by atoms with Crippen LogP contribution in [0.4, 0.5) is 0 Å². The van der Waals surface area contributed by atoms with E-state index in [0.29, 0.717) is 5.52 Å². The van der Waals surface area contributed by atoms with Gasteiger partial charge in [0.05, 0.1) is 23.9 Å². The summed E-state index contributed by atoms with van der Waals surface area (Å²) in [6, 6.07) is 3.54. The zero-order valence-corrected chi connectivity index (χ0v) is 10.6. The molecule has 0 fully saturated rings. The first-order valence-corrected chi connectivity index (χ1v) is 5.33. The third-order valence-electron chi connectivity index (χ3n) is 2.77. The van der Waals surface area contributed by atoms with Crippen molar-refractivity contribution in [3.8, 4) is 11.1 Å². The molecule has 0 saturated carbocycles. The molecule has 0 aliphatic heterocycles. The molecule has 3 aromatic heterocycles. The van der Waals surface area contributed by atoms with Crippen LogP contribution in [0.5, 0.6) is 0 Å². The van der Waals surface area contributed by atoms with E-state index in [9.17, 15) is 9.90 Å². The van der Waals surface area contributed by atoms with Gasteiger partial charge in [-0.15, -0.1) is 0 Å². The van der Waals surface area contributed by atoms with Crippen molar-refractivity contribution < 1.29 is 28.8 Å². The molecule has 0 saturated heterocycles. The molecule has 0 aliphatic carbocycles. The van der Waals surface area contributed by atoms with Gasteiger partial charge in [-0.2, -0.15) is 10.2 Å². The van der Waals surface area contributed by atoms with Gasteiger partial charge >= 0.3 is 18.9 Å². The van der Waals surface area contributed by atoms with Gasteiger partial charge in [-0.1, -0.05) is 6.07 Å². The Morgan fingerprint density at radius 2 is 1.95 bits per heavy atom. The van der Waals surface area contributed by atoms with Gasteiger partial charge in [0.2, 0.25) is 0 Å². The molecule has 0 N–H and O–H groups in total. The molecular formula is C12H9LiN4O2. The number of fused-ring (bicyclic) bond motifs is 1. The minimum Gasteiger partial charge on any atom is -0.545 e. The molecule has 0 amide bonds. The number of carbonyl (C=O) groups excluding carboxylic acids is 1. The van der Waals surface area contributed by atoms with E-state index >= 15 is 0 Å².